The van der Waals surface area contributed by atoms with Crippen molar-refractivity contribution >= 4 is 11.6 Å². The zero-order valence-corrected chi connectivity index (χ0v) is 14.2. The highest BCUT2D eigenvalue weighted by Crippen LogP contribution is 2.15. The molecule has 2 atom stereocenters. The van der Waals surface area contributed by atoms with Gasteiger partial charge in [-0.05, 0) is 43.5 Å². The molecule has 0 saturated heterocycles. The summed E-state index contributed by atoms with van der Waals surface area (Å²) in [5, 5.41) is 6.41. The van der Waals surface area contributed by atoms with Crippen molar-refractivity contribution in [2.24, 2.45) is 0 Å². The van der Waals surface area contributed by atoms with Crippen molar-refractivity contribution in [3.8, 4) is 0 Å². The van der Waals surface area contributed by atoms with Gasteiger partial charge in [0, 0.05) is 24.2 Å². The van der Waals surface area contributed by atoms with E-state index in [0.29, 0.717) is 6.42 Å². The molecule has 0 saturated carbocycles. The van der Waals surface area contributed by atoms with E-state index in [2.05, 4.69) is 48.7 Å². The molecule has 0 aliphatic carbocycles. The molecule has 0 aliphatic rings. The number of carbonyl (C=O) groups is 1. The molecule has 0 unspecified atom stereocenters. The first-order valence-electron chi connectivity index (χ1n) is 8.28. The molecular formula is C20H26N2O. The van der Waals surface area contributed by atoms with Gasteiger partial charge in [-0.25, -0.2) is 0 Å². The molecule has 2 aromatic carbocycles. The summed E-state index contributed by atoms with van der Waals surface area (Å²) in [5.74, 6) is 0.0322. The van der Waals surface area contributed by atoms with Crippen molar-refractivity contribution in [1.82, 2.24) is 5.32 Å². The summed E-state index contributed by atoms with van der Waals surface area (Å²) in [4.78, 5) is 12.1. The fourth-order valence-corrected chi connectivity index (χ4v) is 2.64. The maximum Gasteiger partial charge on any atom is 0.225 e. The predicted molar refractivity (Wildman–Crippen MR) is 96.5 cm³/mol. The fourth-order valence-electron chi connectivity index (χ4n) is 2.64. The molecule has 0 aromatic heterocycles. The summed E-state index contributed by atoms with van der Waals surface area (Å²) in [6.07, 6.45) is 1.50. The third-order valence-electron chi connectivity index (χ3n) is 3.97. The van der Waals surface area contributed by atoms with Crippen LogP contribution < -0.4 is 10.6 Å². The summed E-state index contributed by atoms with van der Waals surface area (Å²) in [6, 6.07) is 18.5. The lowest BCUT2D eigenvalue weighted by atomic mass is 10.0. The van der Waals surface area contributed by atoms with Gasteiger partial charge < -0.3 is 10.6 Å². The molecule has 0 spiro atoms. The van der Waals surface area contributed by atoms with Crippen LogP contribution in [0.25, 0.3) is 0 Å². The van der Waals surface area contributed by atoms with E-state index in [9.17, 15) is 4.79 Å². The number of carbonyl (C=O) groups excluding carboxylic acids is 1. The first kappa shape index (κ1) is 17.2. The van der Waals surface area contributed by atoms with Crippen LogP contribution in [0.2, 0.25) is 0 Å². The van der Waals surface area contributed by atoms with E-state index in [-0.39, 0.29) is 18.0 Å². The van der Waals surface area contributed by atoms with Gasteiger partial charge in [-0.2, -0.15) is 0 Å². The summed E-state index contributed by atoms with van der Waals surface area (Å²) < 4.78 is 0. The lowest BCUT2D eigenvalue weighted by Crippen LogP contribution is -2.32. The van der Waals surface area contributed by atoms with Crippen LogP contribution in [-0.4, -0.2) is 11.9 Å². The quantitative estimate of drug-likeness (QED) is 0.800. The highest BCUT2D eigenvalue weighted by Gasteiger charge is 2.13. The molecule has 3 heteroatoms. The van der Waals surface area contributed by atoms with Crippen LogP contribution in [0, 0.1) is 0 Å². The van der Waals surface area contributed by atoms with Gasteiger partial charge in [0.1, 0.15) is 0 Å². The molecule has 3 nitrogen and oxygen atoms in total. The van der Waals surface area contributed by atoms with Crippen molar-refractivity contribution in [3.63, 3.8) is 0 Å². The Kier molecular flexibility index (Phi) is 6.36. The van der Waals surface area contributed by atoms with E-state index in [1.165, 1.54) is 11.1 Å². The minimum atomic E-state index is 0.0322. The van der Waals surface area contributed by atoms with E-state index < -0.39 is 0 Å². The third kappa shape index (κ3) is 5.53. The highest BCUT2D eigenvalue weighted by molar-refractivity contribution is 5.91. The average molecular weight is 310 g/mol. The molecule has 0 bridgehead atoms. The first-order chi connectivity index (χ1) is 11.1. The van der Waals surface area contributed by atoms with Crippen molar-refractivity contribution in [3.05, 3.63) is 65.7 Å². The Morgan fingerprint density at radius 2 is 1.65 bits per heavy atom. The van der Waals surface area contributed by atoms with Crippen molar-refractivity contribution in [1.29, 1.82) is 0 Å². The molecule has 0 fully saturated rings. The summed E-state index contributed by atoms with van der Waals surface area (Å²) in [5.41, 5.74) is 3.43. The molecule has 1 amide bonds. The van der Waals surface area contributed by atoms with Gasteiger partial charge in [-0.3, -0.25) is 4.79 Å². The number of benzene rings is 2. The number of aryl methyl sites for hydroxylation is 1. The molecule has 2 N–H and O–H groups in total. The maximum atomic E-state index is 12.1. The second kappa shape index (κ2) is 8.49. The van der Waals surface area contributed by atoms with E-state index in [0.717, 1.165) is 12.1 Å². The van der Waals surface area contributed by atoms with Gasteiger partial charge in [-0.15, -0.1) is 0 Å². The summed E-state index contributed by atoms with van der Waals surface area (Å²) >= 11 is 0. The lowest BCUT2D eigenvalue weighted by molar-refractivity contribution is -0.116. The van der Waals surface area contributed by atoms with Gasteiger partial charge >= 0.3 is 0 Å². The lowest BCUT2D eigenvalue weighted by Gasteiger charge is -2.20. The monoisotopic (exact) mass is 310 g/mol. The van der Waals surface area contributed by atoms with E-state index in [1.807, 2.05) is 37.3 Å². The van der Waals surface area contributed by atoms with Gasteiger partial charge in [0.25, 0.3) is 0 Å². The minimum absolute atomic E-state index is 0.0322. The Labute approximate surface area is 139 Å². The molecule has 0 heterocycles. The first-order valence-corrected chi connectivity index (χ1v) is 8.28. The van der Waals surface area contributed by atoms with Gasteiger partial charge in [0.2, 0.25) is 5.91 Å². The number of amides is 1. The molecule has 23 heavy (non-hydrogen) atoms. The predicted octanol–water partition coefficient (Wildman–Crippen LogP) is 4.32. The Morgan fingerprint density at radius 1 is 1.00 bits per heavy atom. The van der Waals surface area contributed by atoms with Crippen LogP contribution in [0.15, 0.2) is 54.6 Å². The zero-order chi connectivity index (χ0) is 16.7. The van der Waals surface area contributed by atoms with Gasteiger partial charge in [-0.1, -0.05) is 49.4 Å². The molecule has 0 radical (unpaired) electrons. The molecular weight excluding hydrogens is 284 g/mol. The van der Waals surface area contributed by atoms with E-state index >= 15 is 0 Å². The van der Waals surface area contributed by atoms with E-state index in [4.69, 9.17) is 0 Å². The van der Waals surface area contributed by atoms with Crippen molar-refractivity contribution in [2.45, 2.75) is 45.7 Å². The van der Waals surface area contributed by atoms with Crippen LogP contribution in [-0.2, 0) is 11.2 Å². The van der Waals surface area contributed by atoms with Crippen LogP contribution >= 0.6 is 0 Å². The smallest absolute Gasteiger partial charge is 0.225 e. The van der Waals surface area contributed by atoms with Crippen LogP contribution in [0.3, 0.4) is 0 Å². The Hall–Kier alpha value is -2.13. The third-order valence-corrected chi connectivity index (χ3v) is 3.97. The second-order valence-electron chi connectivity index (χ2n) is 6.00. The van der Waals surface area contributed by atoms with Gasteiger partial charge in [0.15, 0.2) is 0 Å². The van der Waals surface area contributed by atoms with Crippen LogP contribution in [0.5, 0.6) is 0 Å². The number of rotatable bonds is 7. The topological polar surface area (TPSA) is 41.1 Å². The SMILES string of the molecule is CCc1ccc([C@H](C)N[C@H](C)CC(=O)Nc2ccccc2)cc1. The van der Waals surface area contributed by atoms with Crippen molar-refractivity contribution < 1.29 is 4.79 Å². The number of nitrogens with one attached hydrogen (secondary N) is 2. The number of hydrogen-bond donors (Lipinski definition) is 2. The Morgan fingerprint density at radius 3 is 2.26 bits per heavy atom. The minimum Gasteiger partial charge on any atom is -0.326 e. The Balaban J connectivity index is 1.83. The van der Waals surface area contributed by atoms with E-state index in [1.54, 1.807) is 0 Å². The summed E-state index contributed by atoms with van der Waals surface area (Å²) in [6.45, 7) is 6.33. The maximum absolute atomic E-state index is 12.1. The molecule has 122 valence electrons. The second-order valence-corrected chi connectivity index (χ2v) is 6.00. The van der Waals surface area contributed by atoms with Gasteiger partial charge in [0.05, 0.1) is 0 Å². The highest BCUT2D eigenvalue weighted by atomic mass is 16.1. The number of para-hydroxylation sites is 1. The van der Waals surface area contributed by atoms with Crippen LogP contribution in [0.4, 0.5) is 5.69 Å². The molecule has 2 aromatic rings. The van der Waals surface area contributed by atoms with Crippen LogP contribution in [0.1, 0.15) is 44.4 Å². The normalized spacial score (nSPS) is 13.3. The summed E-state index contributed by atoms with van der Waals surface area (Å²) in [7, 11) is 0. The fraction of sp³-hybridized carbons (Fsp3) is 0.350. The Bertz CT molecular complexity index is 607. The average Bonchev–Trinajstić information content (AvgIpc) is 2.55. The number of hydrogen-bond acceptors (Lipinski definition) is 2. The molecule has 0 aliphatic heterocycles. The number of anilines is 1. The molecule has 2 rings (SSSR count). The standard InChI is InChI=1S/C20H26N2O/c1-4-17-10-12-18(13-11-17)16(3)21-15(2)14-20(23)22-19-8-6-5-7-9-19/h5-13,15-16,21H,4,14H2,1-3H3,(H,22,23)/t15-,16+/m1/s1. The largest absolute Gasteiger partial charge is 0.326 e. The van der Waals surface area contributed by atoms with Crippen molar-refractivity contribution in [2.75, 3.05) is 5.32 Å². The zero-order valence-electron chi connectivity index (χ0n) is 14.2.